The lowest BCUT2D eigenvalue weighted by atomic mass is 10.1. The van der Waals surface area contributed by atoms with Crippen molar-refractivity contribution in [2.24, 2.45) is 5.92 Å². The molecule has 3 nitrogen and oxygen atoms in total. The molecule has 0 spiro atoms. The second-order valence-electron chi connectivity index (χ2n) is 3.52. The van der Waals surface area contributed by atoms with Crippen molar-refractivity contribution < 1.29 is 4.79 Å². The molecule has 1 amide bonds. The predicted molar refractivity (Wildman–Crippen MR) is 57.3 cm³/mol. The van der Waals surface area contributed by atoms with Crippen LogP contribution in [0.15, 0.2) is 18.3 Å². The van der Waals surface area contributed by atoms with E-state index in [9.17, 15) is 4.79 Å². The Labute approximate surface area is 88.5 Å². The monoisotopic (exact) mass is 212 g/mol. The lowest BCUT2D eigenvalue weighted by Gasteiger charge is -2.06. The van der Waals surface area contributed by atoms with Gasteiger partial charge in [0.05, 0.1) is 11.9 Å². The fourth-order valence-electron chi connectivity index (χ4n) is 1.03. The van der Waals surface area contributed by atoms with Crippen LogP contribution in [0.5, 0.6) is 0 Å². The fourth-order valence-corrected chi connectivity index (χ4v) is 1.14. The van der Waals surface area contributed by atoms with Gasteiger partial charge in [0.1, 0.15) is 5.15 Å². The molecule has 0 bridgehead atoms. The minimum atomic E-state index is 0.00382. The molecule has 1 heterocycles. The molecule has 1 rings (SSSR count). The minimum absolute atomic E-state index is 0.00382. The van der Waals surface area contributed by atoms with E-state index in [1.807, 2.05) is 13.8 Å². The zero-order valence-electron chi connectivity index (χ0n) is 8.25. The number of hydrogen-bond acceptors (Lipinski definition) is 2. The molecule has 1 N–H and O–H groups in total. The molecule has 0 unspecified atom stereocenters. The third-order valence-electron chi connectivity index (χ3n) is 1.60. The molecule has 0 aliphatic heterocycles. The molecule has 0 radical (unpaired) electrons. The zero-order chi connectivity index (χ0) is 10.6. The lowest BCUT2D eigenvalue weighted by molar-refractivity contribution is -0.116. The highest BCUT2D eigenvalue weighted by Gasteiger charge is 2.04. The summed E-state index contributed by atoms with van der Waals surface area (Å²) in [5.41, 5.74) is 0.681. The summed E-state index contributed by atoms with van der Waals surface area (Å²) >= 11 is 5.61. The van der Waals surface area contributed by atoms with Crippen LogP contribution >= 0.6 is 11.6 Å². The number of halogens is 1. The van der Waals surface area contributed by atoms with Crippen LogP contribution in [0.3, 0.4) is 0 Å². The van der Waals surface area contributed by atoms with Gasteiger partial charge in [-0.25, -0.2) is 4.98 Å². The average molecular weight is 213 g/mol. The first-order valence-corrected chi connectivity index (χ1v) is 4.87. The van der Waals surface area contributed by atoms with Gasteiger partial charge >= 0.3 is 0 Å². The summed E-state index contributed by atoms with van der Waals surface area (Å²) < 4.78 is 0. The second kappa shape index (κ2) is 4.96. The molecule has 0 aliphatic rings. The van der Waals surface area contributed by atoms with Crippen molar-refractivity contribution >= 4 is 23.2 Å². The van der Waals surface area contributed by atoms with E-state index in [2.05, 4.69) is 10.3 Å². The first-order chi connectivity index (χ1) is 6.58. The summed E-state index contributed by atoms with van der Waals surface area (Å²) in [6.45, 7) is 4.00. The minimum Gasteiger partial charge on any atom is -0.325 e. The average Bonchev–Trinajstić information content (AvgIpc) is 2.07. The molecule has 1 aromatic heterocycles. The number of aromatic nitrogens is 1. The van der Waals surface area contributed by atoms with Crippen LogP contribution < -0.4 is 5.32 Å². The Morgan fingerprint density at radius 3 is 2.79 bits per heavy atom. The van der Waals surface area contributed by atoms with Crippen molar-refractivity contribution in [1.82, 2.24) is 4.98 Å². The quantitative estimate of drug-likeness (QED) is 0.783. The third kappa shape index (κ3) is 3.75. The number of carbonyl (C=O) groups is 1. The maximum Gasteiger partial charge on any atom is 0.224 e. The fraction of sp³-hybridized carbons (Fsp3) is 0.400. The molecule has 0 aromatic carbocycles. The Kier molecular flexibility index (Phi) is 3.89. The van der Waals surface area contributed by atoms with Gasteiger partial charge in [0.25, 0.3) is 0 Å². The first kappa shape index (κ1) is 11.0. The van der Waals surface area contributed by atoms with Crippen molar-refractivity contribution in [1.29, 1.82) is 0 Å². The smallest absolute Gasteiger partial charge is 0.224 e. The first-order valence-electron chi connectivity index (χ1n) is 4.49. The molecular formula is C10H13ClN2O. The molecule has 76 valence electrons. The van der Waals surface area contributed by atoms with Crippen LogP contribution in [0.2, 0.25) is 5.15 Å². The maximum atomic E-state index is 11.3. The van der Waals surface area contributed by atoms with Crippen molar-refractivity contribution in [3.8, 4) is 0 Å². The topological polar surface area (TPSA) is 42.0 Å². The van der Waals surface area contributed by atoms with Crippen LogP contribution in [0.25, 0.3) is 0 Å². The number of anilines is 1. The normalized spacial score (nSPS) is 10.3. The van der Waals surface area contributed by atoms with Gasteiger partial charge in [0.2, 0.25) is 5.91 Å². The molecule has 1 aromatic rings. The Balaban J connectivity index is 2.52. The van der Waals surface area contributed by atoms with Gasteiger partial charge in [0, 0.05) is 6.42 Å². The van der Waals surface area contributed by atoms with Gasteiger partial charge in [-0.05, 0) is 18.1 Å². The van der Waals surface area contributed by atoms with E-state index in [4.69, 9.17) is 11.6 Å². The van der Waals surface area contributed by atoms with Crippen LogP contribution in [0.4, 0.5) is 5.69 Å². The molecule has 0 atom stereocenters. The Morgan fingerprint density at radius 1 is 1.57 bits per heavy atom. The molecule has 0 fully saturated rings. The van der Waals surface area contributed by atoms with Gasteiger partial charge in [0.15, 0.2) is 0 Å². The second-order valence-corrected chi connectivity index (χ2v) is 3.90. The summed E-state index contributed by atoms with van der Waals surface area (Å²) in [6, 6.07) is 3.38. The Hall–Kier alpha value is -1.09. The van der Waals surface area contributed by atoms with Crippen molar-refractivity contribution in [3.63, 3.8) is 0 Å². The standard InChI is InChI=1S/C10H13ClN2O/c1-7(2)5-10(14)13-8-3-4-9(11)12-6-8/h3-4,6-7H,5H2,1-2H3,(H,13,14). The van der Waals surface area contributed by atoms with E-state index < -0.39 is 0 Å². The SMILES string of the molecule is CC(C)CC(=O)Nc1ccc(Cl)nc1. The van der Waals surface area contributed by atoms with Gasteiger partial charge < -0.3 is 5.32 Å². The van der Waals surface area contributed by atoms with Crippen LogP contribution in [-0.2, 0) is 4.79 Å². The predicted octanol–water partition coefficient (Wildman–Crippen LogP) is 2.72. The summed E-state index contributed by atoms with van der Waals surface area (Å²) in [5.74, 6) is 0.361. The van der Waals surface area contributed by atoms with Crippen LogP contribution in [0.1, 0.15) is 20.3 Å². The van der Waals surface area contributed by atoms with E-state index in [1.165, 1.54) is 0 Å². The number of hydrogen-bond donors (Lipinski definition) is 1. The highest BCUT2D eigenvalue weighted by atomic mass is 35.5. The Bertz CT molecular complexity index is 308. The third-order valence-corrected chi connectivity index (χ3v) is 1.83. The molecular weight excluding hydrogens is 200 g/mol. The molecule has 0 saturated heterocycles. The molecule has 14 heavy (non-hydrogen) atoms. The van der Waals surface area contributed by atoms with E-state index in [0.29, 0.717) is 23.2 Å². The summed E-state index contributed by atoms with van der Waals surface area (Å²) in [4.78, 5) is 15.2. The van der Waals surface area contributed by atoms with Crippen LogP contribution in [-0.4, -0.2) is 10.9 Å². The van der Waals surface area contributed by atoms with E-state index >= 15 is 0 Å². The lowest BCUT2D eigenvalue weighted by Crippen LogP contribution is -2.13. The van der Waals surface area contributed by atoms with Crippen molar-refractivity contribution in [3.05, 3.63) is 23.5 Å². The van der Waals surface area contributed by atoms with Gasteiger partial charge in [-0.3, -0.25) is 4.79 Å². The largest absolute Gasteiger partial charge is 0.325 e. The highest BCUT2D eigenvalue weighted by Crippen LogP contribution is 2.10. The Morgan fingerprint density at radius 2 is 2.29 bits per heavy atom. The van der Waals surface area contributed by atoms with E-state index in [-0.39, 0.29) is 5.91 Å². The summed E-state index contributed by atoms with van der Waals surface area (Å²) in [7, 11) is 0. The number of nitrogens with one attached hydrogen (secondary N) is 1. The molecule has 0 saturated carbocycles. The van der Waals surface area contributed by atoms with E-state index in [0.717, 1.165) is 0 Å². The number of carbonyl (C=O) groups excluding carboxylic acids is 1. The van der Waals surface area contributed by atoms with Gasteiger partial charge in [-0.1, -0.05) is 25.4 Å². The number of pyridine rings is 1. The number of nitrogens with zero attached hydrogens (tertiary/aromatic N) is 1. The molecule has 4 heteroatoms. The van der Waals surface area contributed by atoms with Crippen LogP contribution in [0, 0.1) is 5.92 Å². The van der Waals surface area contributed by atoms with Crippen molar-refractivity contribution in [2.75, 3.05) is 5.32 Å². The van der Waals surface area contributed by atoms with Crippen molar-refractivity contribution in [2.45, 2.75) is 20.3 Å². The van der Waals surface area contributed by atoms with E-state index in [1.54, 1.807) is 18.3 Å². The molecule has 0 aliphatic carbocycles. The van der Waals surface area contributed by atoms with Gasteiger partial charge in [-0.15, -0.1) is 0 Å². The van der Waals surface area contributed by atoms with Gasteiger partial charge in [-0.2, -0.15) is 0 Å². The maximum absolute atomic E-state index is 11.3. The number of amides is 1. The summed E-state index contributed by atoms with van der Waals surface area (Å²) in [5, 5.41) is 3.16. The number of rotatable bonds is 3. The zero-order valence-corrected chi connectivity index (χ0v) is 9.01. The summed E-state index contributed by atoms with van der Waals surface area (Å²) in [6.07, 6.45) is 2.06. The highest BCUT2D eigenvalue weighted by molar-refractivity contribution is 6.29.